The summed E-state index contributed by atoms with van der Waals surface area (Å²) >= 11 is 0. The quantitative estimate of drug-likeness (QED) is 0.542. The molecule has 9 nitrogen and oxygen atoms in total. The molecule has 1 aliphatic heterocycles. The summed E-state index contributed by atoms with van der Waals surface area (Å²) in [7, 11) is -2.50. The fourth-order valence-electron chi connectivity index (χ4n) is 4.98. The second-order valence-electron chi connectivity index (χ2n) is 9.16. The van der Waals surface area contributed by atoms with Crippen molar-refractivity contribution in [1.82, 2.24) is 13.9 Å². The van der Waals surface area contributed by atoms with Gasteiger partial charge in [0.15, 0.2) is 0 Å². The molecule has 1 saturated heterocycles. The number of amides is 1. The molecule has 0 spiro atoms. The summed E-state index contributed by atoms with van der Waals surface area (Å²) in [6.07, 6.45) is 2.44. The third-order valence-electron chi connectivity index (χ3n) is 6.86. The Morgan fingerprint density at radius 2 is 2.06 bits per heavy atom. The molecule has 2 aliphatic rings. The molecule has 0 aromatic heterocycles. The monoisotopic (exact) mass is 496 g/mol. The Balaban J connectivity index is 1.61. The van der Waals surface area contributed by atoms with Crippen molar-refractivity contribution in [3.05, 3.63) is 35.6 Å². The van der Waals surface area contributed by atoms with Gasteiger partial charge in [-0.2, -0.15) is 22.7 Å². The highest BCUT2D eigenvalue weighted by Crippen LogP contribution is 2.35. The number of hydrogen-bond acceptors (Lipinski definition) is 5. The van der Waals surface area contributed by atoms with E-state index in [1.807, 2.05) is 12.1 Å². The molecule has 1 heterocycles. The number of nitrogens with zero attached hydrogens (tertiary/aromatic N) is 3. The van der Waals surface area contributed by atoms with Crippen molar-refractivity contribution in [2.45, 2.75) is 75.6 Å². The van der Waals surface area contributed by atoms with Crippen molar-refractivity contribution >= 4 is 16.3 Å². The minimum Gasteiger partial charge on any atom is -0.465 e. The minimum atomic E-state index is -3.88. The van der Waals surface area contributed by atoms with Crippen LogP contribution in [-0.2, 0) is 14.9 Å². The number of nitrogens with one attached hydrogen (secondary N) is 1. The van der Waals surface area contributed by atoms with Crippen LogP contribution in [0.4, 0.5) is 9.18 Å². The molecule has 1 aromatic rings. The minimum absolute atomic E-state index is 0.0481. The van der Waals surface area contributed by atoms with Crippen molar-refractivity contribution in [3.63, 3.8) is 0 Å². The van der Waals surface area contributed by atoms with Gasteiger partial charge < -0.3 is 9.84 Å². The highest BCUT2D eigenvalue weighted by Gasteiger charge is 2.44. The Labute approximate surface area is 200 Å². The fraction of sp³-hybridized carbons (Fsp3) is 0.652. The maximum Gasteiger partial charge on any atom is 0.407 e. The van der Waals surface area contributed by atoms with Gasteiger partial charge >= 0.3 is 6.09 Å². The van der Waals surface area contributed by atoms with E-state index in [1.165, 1.54) is 18.0 Å². The molecule has 0 unspecified atom stereocenters. The number of carboxylic acid groups (broad SMARTS) is 1. The molecule has 0 bridgehead atoms. The Morgan fingerprint density at radius 3 is 2.68 bits per heavy atom. The first kappa shape index (κ1) is 26.3. The van der Waals surface area contributed by atoms with Gasteiger partial charge in [-0.25, -0.2) is 9.18 Å². The summed E-state index contributed by atoms with van der Waals surface area (Å²) in [5.74, 6) is 0.0211. The van der Waals surface area contributed by atoms with Gasteiger partial charge in [-0.1, -0.05) is 12.1 Å². The highest BCUT2D eigenvalue weighted by molar-refractivity contribution is 7.87. The van der Waals surface area contributed by atoms with Gasteiger partial charge in [0, 0.05) is 32.1 Å². The van der Waals surface area contributed by atoms with Crippen molar-refractivity contribution in [2.75, 3.05) is 20.2 Å². The number of ether oxygens (including phenoxy) is 1. The van der Waals surface area contributed by atoms with Gasteiger partial charge in [0.2, 0.25) is 0 Å². The molecule has 1 aromatic carbocycles. The molecule has 2 fully saturated rings. The first-order valence-corrected chi connectivity index (χ1v) is 13.0. The van der Waals surface area contributed by atoms with Crippen molar-refractivity contribution in [1.29, 1.82) is 5.26 Å². The Morgan fingerprint density at radius 1 is 1.35 bits per heavy atom. The molecule has 1 saturated carbocycles. The van der Waals surface area contributed by atoms with Gasteiger partial charge in [-0.05, 0) is 62.6 Å². The molecular formula is C23H33FN4O5S. The molecule has 3 atom stereocenters. The highest BCUT2D eigenvalue weighted by atomic mass is 32.2. The molecular weight excluding hydrogens is 463 g/mol. The zero-order valence-corrected chi connectivity index (χ0v) is 20.4. The molecule has 188 valence electrons. The number of nitriles is 1. The van der Waals surface area contributed by atoms with Crippen LogP contribution >= 0.6 is 0 Å². The maximum atomic E-state index is 13.5. The number of carbonyl (C=O) groups is 1. The van der Waals surface area contributed by atoms with Crippen LogP contribution < -0.4 is 4.72 Å². The van der Waals surface area contributed by atoms with E-state index in [0.29, 0.717) is 6.42 Å². The smallest absolute Gasteiger partial charge is 0.407 e. The molecule has 1 aliphatic carbocycles. The summed E-state index contributed by atoms with van der Waals surface area (Å²) < 4.78 is 48.7. The number of rotatable bonds is 9. The summed E-state index contributed by atoms with van der Waals surface area (Å²) in [5.41, 5.74) is 0.982. The van der Waals surface area contributed by atoms with Crippen molar-refractivity contribution in [2.24, 2.45) is 0 Å². The lowest BCUT2D eigenvalue weighted by molar-refractivity contribution is -0.00709. The third kappa shape index (κ3) is 6.44. The van der Waals surface area contributed by atoms with Gasteiger partial charge in [-0.15, -0.1) is 0 Å². The molecule has 11 heteroatoms. The average molecular weight is 497 g/mol. The van der Waals surface area contributed by atoms with Gasteiger partial charge in [0.1, 0.15) is 5.82 Å². The van der Waals surface area contributed by atoms with Gasteiger partial charge in [0.25, 0.3) is 10.2 Å². The lowest BCUT2D eigenvalue weighted by Crippen LogP contribution is -2.52. The van der Waals surface area contributed by atoms with Gasteiger partial charge in [0.05, 0.1) is 24.8 Å². The second-order valence-corrected chi connectivity index (χ2v) is 11.0. The van der Waals surface area contributed by atoms with Crippen LogP contribution in [0.5, 0.6) is 0 Å². The van der Waals surface area contributed by atoms with E-state index in [1.54, 1.807) is 19.1 Å². The lowest BCUT2D eigenvalue weighted by atomic mass is 9.82. The van der Waals surface area contributed by atoms with Crippen LogP contribution in [0.15, 0.2) is 24.3 Å². The van der Waals surface area contributed by atoms with Crippen molar-refractivity contribution < 1.29 is 27.4 Å². The van der Waals surface area contributed by atoms with Crippen LogP contribution in [0.3, 0.4) is 0 Å². The van der Waals surface area contributed by atoms with E-state index in [0.717, 1.165) is 35.6 Å². The standard InChI is InChI=1S/C23H33FN4O5S/c1-16-13-21(26-34(31,32)27(2)12-4-11-25)22(28(16)23(29)30)15-33-20-9-7-17(8-10-20)18-5-3-6-19(24)14-18/h3,5-6,14,16-17,20-22,26H,4,7-10,12-13,15H2,1-2H3,(H,29,30)/t16-,17?,20?,21+,22+/m1/s1. The number of likely N-dealkylation sites (tertiary alicyclic amines) is 1. The zero-order valence-electron chi connectivity index (χ0n) is 19.6. The van der Waals surface area contributed by atoms with E-state index in [-0.39, 0.29) is 43.5 Å². The summed E-state index contributed by atoms with van der Waals surface area (Å²) in [6.45, 7) is 1.88. The van der Waals surface area contributed by atoms with Crippen LogP contribution in [0.25, 0.3) is 0 Å². The zero-order chi connectivity index (χ0) is 24.9. The average Bonchev–Trinajstić information content (AvgIpc) is 3.10. The predicted octanol–water partition coefficient (Wildman–Crippen LogP) is 3.06. The number of halogens is 1. The number of hydrogen-bond donors (Lipinski definition) is 2. The van der Waals surface area contributed by atoms with Crippen molar-refractivity contribution in [3.8, 4) is 6.07 Å². The number of benzene rings is 1. The van der Waals surface area contributed by atoms with Crippen LogP contribution in [-0.4, -0.2) is 73.3 Å². The molecule has 1 amide bonds. The normalized spacial score (nSPS) is 27.6. The van der Waals surface area contributed by atoms with Gasteiger partial charge in [-0.3, -0.25) is 4.90 Å². The van der Waals surface area contributed by atoms with Crippen LogP contribution in [0.1, 0.15) is 56.9 Å². The Kier molecular flexibility index (Phi) is 8.87. The van der Waals surface area contributed by atoms with E-state index in [2.05, 4.69) is 4.72 Å². The first-order chi connectivity index (χ1) is 16.1. The summed E-state index contributed by atoms with van der Waals surface area (Å²) in [4.78, 5) is 13.2. The largest absolute Gasteiger partial charge is 0.465 e. The molecule has 3 rings (SSSR count). The topological polar surface area (TPSA) is 123 Å². The second kappa shape index (κ2) is 11.4. The van der Waals surface area contributed by atoms with E-state index in [4.69, 9.17) is 10.00 Å². The van der Waals surface area contributed by atoms with Crippen LogP contribution in [0, 0.1) is 17.1 Å². The molecule has 34 heavy (non-hydrogen) atoms. The molecule has 2 N–H and O–H groups in total. The van der Waals surface area contributed by atoms with E-state index >= 15 is 0 Å². The first-order valence-electron chi connectivity index (χ1n) is 11.6. The third-order valence-corrected chi connectivity index (χ3v) is 8.46. The maximum absolute atomic E-state index is 13.5. The molecule has 0 radical (unpaired) electrons. The fourth-order valence-corrected chi connectivity index (χ4v) is 6.13. The summed E-state index contributed by atoms with van der Waals surface area (Å²) in [6, 6.07) is 6.91. The Bertz CT molecular complexity index is 993. The predicted molar refractivity (Wildman–Crippen MR) is 124 cm³/mol. The lowest BCUT2D eigenvalue weighted by Gasteiger charge is -2.33. The van der Waals surface area contributed by atoms with Crippen LogP contribution in [0.2, 0.25) is 0 Å². The van der Waals surface area contributed by atoms with E-state index in [9.17, 15) is 22.7 Å². The van der Waals surface area contributed by atoms with E-state index < -0.39 is 28.4 Å². The summed E-state index contributed by atoms with van der Waals surface area (Å²) in [5, 5.41) is 18.5. The Hall–Kier alpha value is -2.26. The SMILES string of the molecule is C[C@@H]1C[C@H](NS(=O)(=O)N(C)CCC#N)[C@H](COC2CCC(c3cccc(F)c3)CC2)N1C(=O)O.